The maximum absolute atomic E-state index is 12.2. The van der Waals surface area contributed by atoms with Crippen molar-refractivity contribution in [3.63, 3.8) is 0 Å². The average Bonchev–Trinajstić information content (AvgIpc) is 2.37. The van der Waals surface area contributed by atoms with E-state index in [2.05, 4.69) is 24.5 Å². The van der Waals surface area contributed by atoms with Crippen LogP contribution in [0.1, 0.15) is 53.0 Å². The molecule has 0 bridgehead atoms. The molecule has 0 aromatic heterocycles. The van der Waals surface area contributed by atoms with E-state index in [9.17, 15) is 9.59 Å². The molecule has 1 rings (SSSR count). The predicted octanol–water partition coefficient (Wildman–Crippen LogP) is 3.30. The average molecular weight is 290 g/mol. The fourth-order valence-electron chi connectivity index (χ4n) is 1.83. The molecule has 0 fully saturated rings. The number of carbonyl (C=O) groups is 2. The molecule has 1 aromatic rings. The van der Waals surface area contributed by atoms with Gasteiger partial charge in [0.05, 0.1) is 0 Å². The van der Waals surface area contributed by atoms with E-state index in [0.717, 1.165) is 11.3 Å². The number of nitrogens with one attached hydrogen (secondary N) is 2. The minimum Gasteiger partial charge on any atom is -0.344 e. The maximum atomic E-state index is 12.2. The zero-order chi connectivity index (χ0) is 16.2. The van der Waals surface area contributed by atoms with Gasteiger partial charge in [0.2, 0.25) is 11.8 Å². The van der Waals surface area contributed by atoms with Gasteiger partial charge in [0.1, 0.15) is 6.04 Å². The second-order valence-corrected chi connectivity index (χ2v) is 6.68. The molecule has 1 aromatic carbocycles. The quantitative estimate of drug-likeness (QED) is 0.894. The molecule has 0 aliphatic heterocycles. The standard InChI is InChI=1S/C17H26N2O2/c1-11(2)13-9-7-8-10-14(13)19-15(20)12(3)18-16(21)17(4,5)6/h7-12H,1-6H3,(H,18,21)(H,19,20). The molecular weight excluding hydrogens is 264 g/mol. The summed E-state index contributed by atoms with van der Waals surface area (Å²) in [5.41, 5.74) is 1.37. The first-order chi connectivity index (χ1) is 9.62. The highest BCUT2D eigenvalue weighted by Gasteiger charge is 2.25. The fraction of sp³-hybridized carbons (Fsp3) is 0.529. The van der Waals surface area contributed by atoms with Crippen molar-refractivity contribution >= 4 is 17.5 Å². The third-order valence-electron chi connectivity index (χ3n) is 3.26. The highest BCUT2D eigenvalue weighted by Crippen LogP contribution is 2.23. The lowest BCUT2D eigenvalue weighted by molar-refractivity contribution is -0.131. The third kappa shape index (κ3) is 4.88. The largest absolute Gasteiger partial charge is 0.344 e. The molecule has 1 atom stereocenters. The van der Waals surface area contributed by atoms with Gasteiger partial charge >= 0.3 is 0 Å². The Morgan fingerprint density at radius 3 is 2.14 bits per heavy atom. The number of para-hydroxylation sites is 1. The molecule has 4 nitrogen and oxygen atoms in total. The molecule has 0 aliphatic carbocycles. The van der Waals surface area contributed by atoms with Crippen molar-refractivity contribution in [3.8, 4) is 0 Å². The highest BCUT2D eigenvalue weighted by atomic mass is 16.2. The SMILES string of the molecule is CC(NC(=O)C(C)(C)C)C(=O)Nc1ccccc1C(C)C. The van der Waals surface area contributed by atoms with Gasteiger partial charge < -0.3 is 10.6 Å². The molecule has 0 saturated carbocycles. The van der Waals surface area contributed by atoms with Crippen molar-refractivity contribution in [1.82, 2.24) is 5.32 Å². The maximum Gasteiger partial charge on any atom is 0.246 e. The fourth-order valence-corrected chi connectivity index (χ4v) is 1.83. The van der Waals surface area contributed by atoms with E-state index in [1.165, 1.54) is 0 Å². The van der Waals surface area contributed by atoms with Crippen LogP contribution in [0.15, 0.2) is 24.3 Å². The number of amides is 2. The van der Waals surface area contributed by atoms with Gasteiger partial charge in [-0.1, -0.05) is 52.8 Å². The lowest BCUT2D eigenvalue weighted by atomic mass is 9.95. The number of rotatable bonds is 4. The van der Waals surface area contributed by atoms with E-state index in [4.69, 9.17) is 0 Å². The van der Waals surface area contributed by atoms with Crippen LogP contribution in [-0.2, 0) is 9.59 Å². The minimum absolute atomic E-state index is 0.137. The van der Waals surface area contributed by atoms with Crippen LogP contribution >= 0.6 is 0 Å². The van der Waals surface area contributed by atoms with Crippen molar-refractivity contribution in [1.29, 1.82) is 0 Å². The molecule has 1 unspecified atom stereocenters. The Morgan fingerprint density at radius 1 is 1.05 bits per heavy atom. The van der Waals surface area contributed by atoms with E-state index < -0.39 is 11.5 Å². The monoisotopic (exact) mass is 290 g/mol. The molecule has 0 radical (unpaired) electrons. The first kappa shape index (κ1) is 17.2. The molecule has 2 N–H and O–H groups in total. The molecule has 0 saturated heterocycles. The zero-order valence-corrected chi connectivity index (χ0v) is 13.8. The lowest BCUT2D eigenvalue weighted by Gasteiger charge is -2.22. The number of hydrogen-bond acceptors (Lipinski definition) is 2. The summed E-state index contributed by atoms with van der Waals surface area (Å²) in [5, 5.41) is 5.63. The first-order valence-electron chi connectivity index (χ1n) is 7.33. The van der Waals surface area contributed by atoms with E-state index in [-0.39, 0.29) is 11.8 Å². The highest BCUT2D eigenvalue weighted by molar-refractivity contribution is 5.98. The van der Waals surface area contributed by atoms with Gasteiger partial charge in [0, 0.05) is 11.1 Å². The van der Waals surface area contributed by atoms with Crippen molar-refractivity contribution < 1.29 is 9.59 Å². The van der Waals surface area contributed by atoms with Crippen LogP contribution in [0.3, 0.4) is 0 Å². The molecule has 0 spiro atoms. The number of anilines is 1. The number of benzene rings is 1. The van der Waals surface area contributed by atoms with E-state index >= 15 is 0 Å². The van der Waals surface area contributed by atoms with Crippen LogP contribution in [0, 0.1) is 5.41 Å². The summed E-state index contributed by atoms with van der Waals surface area (Å²) < 4.78 is 0. The van der Waals surface area contributed by atoms with Gasteiger partial charge in [-0.15, -0.1) is 0 Å². The Bertz CT molecular complexity index is 516. The van der Waals surface area contributed by atoms with Crippen LogP contribution in [-0.4, -0.2) is 17.9 Å². The van der Waals surface area contributed by atoms with Crippen molar-refractivity contribution in [2.75, 3.05) is 5.32 Å². The lowest BCUT2D eigenvalue weighted by Crippen LogP contribution is -2.46. The summed E-state index contributed by atoms with van der Waals surface area (Å²) in [5.74, 6) is -0.0241. The smallest absolute Gasteiger partial charge is 0.246 e. The molecule has 2 amide bonds. The van der Waals surface area contributed by atoms with E-state index in [0.29, 0.717) is 5.92 Å². The molecular formula is C17H26N2O2. The van der Waals surface area contributed by atoms with Gasteiger partial charge in [0.15, 0.2) is 0 Å². The van der Waals surface area contributed by atoms with Gasteiger partial charge in [-0.05, 0) is 24.5 Å². The number of carbonyl (C=O) groups excluding carboxylic acids is 2. The van der Waals surface area contributed by atoms with Gasteiger partial charge in [-0.3, -0.25) is 9.59 Å². The van der Waals surface area contributed by atoms with Gasteiger partial charge in [-0.2, -0.15) is 0 Å². The summed E-state index contributed by atoms with van der Waals surface area (Å²) >= 11 is 0. The van der Waals surface area contributed by atoms with E-state index in [1.807, 2.05) is 45.0 Å². The molecule has 4 heteroatoms. The van der Waals surface area contributed by atoms with Crippen LogP contribution in [0.25, 0.3) is 0 Å². The molecule has 116 valence electrons. The zero-order valence-electron chi connectivity index (χ0n) is 13.8. The molecule has 21 heavy (non-hydrogen) atoms. The second kappa shape index (κ2) is 6.74. The Hall–Kier alpha value is -1.84. The Balaban J connectivity index is 2.76. The second-order valence-electron chi connectivity index (χ2n) is 6.68. The van der Waals surface area contributed by atoms with Crippen LogP contribution < -0.4 is 10.6 Å². The normalized spacial score (nSPS) is 12.9. The predicted molar refractivity (Wildman–Crippen MR) is 86.2 cm³/mol. The summed E-state index contributed by atoms with van der Waals surface area (Å²) in [7, 11) is 0. The summed E-state index contributed by atoms with van der Waals surface area (Å²) in [6.45, 7) is 11.3. The van der Waals surface area contributed by atoms with Crippen molar-refractivity contribution in [2.45, 2.75) is 53.5 Å². The Kier molecular flexibility index (Phi) is 5.53. The van der Waals surface area contributed by atoms with Crippen molar-refractivity contribution in [2.24, 2.45) is 5.41 Å². The Morgan fingerprint density at radius 2 is 1.62 bits per heavy atom. The van der Waals surface area contributed by atoms with Crippen LogP contribution in [0.2, 0.25) is 0 Å². The third-order valence-corrected chi connectivity index (χ3v) is 3.26. The van der Waals surface area contributed by atoms with Crippen molar-refractivity contribution in [3.05, 3.63) is 29.8 Å². The molecule has 0 heterocycles. The first-order valence-corrected chi connectivity index (χ1v) is 7.33. The minimum atomic E-state index is -0.572. The summed E-state index contributed by atoms with van der Waals surface area (Å²) in [4.78, 5) is 24.1. The Labute approximate surface area is 127 Å². The van der Waals surface area contributed by atoms with Gasteiger partial charge in [-0.25, -0.2) is 0 Å². The topological polar surface area (TPSA) is 58.2 Å². The van der Waals surface area contributed by atoms with Crippen LogP contribution in [0.5, 0.6) is 0 Å². The van der Waals surface area contributed by atoms with Gasteiger partial charge in [0.25, 0.3) is 0 Å². The van der Waals surface area contributed by atoms with Crippen LogP contribution in [0.4, 0.5) is 5.69 Å². The number of hydrogen-bond donors (Lipinski definition) is 2. The van der Waals surface area contributed by atoms with E-state index in [1.54, 1.807) is 6.92 Å². The summed E-state index contributed by atoms with van der Waals surface area (Å²) in [6.07, 6.45) is 0. The molecule has 0 aliphatic rings. The summed E-state index contributed by atoms with van der Waals surface area (Å²) in [6, 6.07) is 7.15.